The molecule has 2 rings (SSSR count). The number of rotatable bonds is 4. The Morgan fingerprint density at radius 2 is 1.95 bits per heavy atom. The van der Waals surface area contributed by atoms with Gasteiger partial charge in [0, 0.05) is 17.0 Å². The Kier molecular flexibility index (Phi) is 5.05. The molecule has 1 N–H and O–H groups in total. The fourth-order valence-electron chi connectivity index (χ4n) is 3.33. The largest absolute Gasteiger partial charge is 0.391 e. The van der Waals surface area contributed by atoms with E-state index in [1.165, 1.54) is 12.5 Å². The fraction of sp³-hybridized carbons (Fsp3) is 0.625. The molecule has 1 aliphatic rings. The SMILES string of the molecule is CN(C)C1(C(O)Cc2ccc(Cl)cc2F)CCCCC1. The molecule has 4 heteroatoms. The van der Waals surface area contributed by atoms with E-state index in [0.29, 0.717) is 17.0 Å². The zero-order valence-corrected chi connectivity index (χ0v) is 13.0. The summed E-state index contributed by atoms with van der Waals surface area (Å²) < 4.78 is 13.9. The van der Waals surface area contributed by atoms with Crippen LogP contribution in [0, 0.1) is 5.82 Å². The smallest absolute Gasteiger partial charge is 0.127 e. The van der Waals surface area contributed by atoms with E-state index in [1.807, 2.05) is 14.1 Å². The molecule has 0 aromatic heterocycles. The fourth-order valence-corrected chi connectivity index (χ4v) is 3.49. The van der Waals surface area contributed by atoms with Crippen LogP contribution in [0.2, 0.25) is 5.02 Å². The van der Waals surface area contributed by atoms with Gasteiger partial charge in [-0.25, -0.2) is 4.39 Å². The van der Waals surface area contributed by atoms with Crippen LogP contribution in [0.3, 0.4) is 0 Å². The van der Waals surface area contributed by atoms with Crippen molar-refractivity contribution >= 4 is 11.6 Å². The molecule has 0 spiro atoms. The van der Waals surface area contributed by atoms with Gasteiger partial charge in [0.1, 0.15) is 5.82 Å². The molecule has 0 amide bonds. The Morgan fingerprint density at radius 3 is 2.50 bits per heavy atom. The Hall–Kier alpha value is -0.640. The highest BCUT2D eigenvalue weighted by Gasteiger charge is 2.41. The van der Waals surface area contributed by atoms with Crippen LogP contribution >= 0.6 is 11.6 Å². The summed E-state index contributed by atoms with van der Waals surface area (Å²) in [6.07, 6.45) is 5.18. The second-order valence-electron chi connectivity index (χ2n) is 6.01. The van der Waals surface area contributed by atoms with Crippen molar-refractivity contribution < 1.29 is 9.50 Å². The molecule has 0 aliphatic heterocycles. The predicted molar refractivity (Wildman–Crippen MR) is 80.6 cm³/mol. The maximum absolute atomic E-state index is 13.9. The highest BCUT2D eigenvalue weighted by Crippen LogP contribution is 2.36. The van der Waals surface area contributed by atoms with Crippen molar-refractivity contribution in [3.8, 4) is 0 Å². The third kappa shape index (κ3) is 3.16. The zero-order valence-electron chi connectivity index (χ0n) is 12.2. The van der Waals surface area contributed by atoms with E-state index in [0.717, 1.165) is 25.7 Å². The first-order chi connectivity index (χ1) is 9.45. The van der Waals surface area contributed by atoms with Gasteiger partial charge in [0.05, 0.1) is 6.10 Å². The number of likely N-dealkylation sites (N-methyl/N-ethyl adjacent to an activating group) is 1. The van der Waals surface area contributed by atoms with Gasteiger partial charge >= 0.3 is 0 Å². The molecule has 0 saturated heterocycles. The topological polar surface area (TPSA) is 23.5 Å². The van der Waals surface area contributed by atoms with E-state index in [1.54, 1.807) is 12.1 Å². The Morgan fingerprint density at radius 1 is 1.30 bits per heavy atom. The summed E-state index contributed by atoms with van der Waals surface area (Å²) in [5.74, 6) is -0.332. The van der Waals surface area contributed by atoms with E-state index >= 15 is 0 Å². The van der Waals surface area contributed by atoms with Gasteiger partial charge in [-0.2, -0.15) is 0 Å². The number of hydrogen-bond donors (Lipinski definition) is 1. The lowest BCUT2D eigenvalue weighted by Gasteiger charge is -2.46. The first kappa shape index (κ1) is 15.7. The molecule has 1 aromatic rings. The van der Waals surface area contributed by atoms with Crippen LogP contribution in [-0.4, -0.2) is 35.7 Å². The average molecular weight is 300 g/mol. The van der Waals surface area contributed by atoms with Crippen molar-refractivity contribution in [2.24, 2.45) is 0 Å². The summed E-state index contributed by atoms with van der Waals surface area (Å²) in [4.78, 5) is 2.12. The highest BCUT2D eigenvalue weighted by molar-refractivity contribution is 6.30. The van der Waals surface area contributed by atoms with E-state index < -0.39 is 6.10 Å². The molecule has 1 saturated carbocycles. The lowest BCUT2D eigenvalue weighted by atomic mass is 9.75. The number of aliphatic hydroxyl groups excluding tert-OH is 1. The van der Waals surface area contributed by atoms with Crippen LogP contribution in [0.1, 0.15) is 37.7 Å². The maximum atomic E-state index is 13.9. The number of aliphatic hydroxyl groups is 1. The zero-order chi connectivity index (χ0) is 14.8. The molecule has 1 unspecified atom stereocenters. The van der Waals surface area contributed by atoms with Gasteiger partial charge in [0.2, 0.25) is 0 Å². The van der Waals surface area contributed by atoms with Crippen LogP contribution in [0.5, 0.6) is 0 Å². The van der Waals surface area contributed by atoms with Gasteiger partial charge in [-0.05, 0) is 44.6 Å². The van der Waals surface area contributed by atoms with Crippen LogP contribution in [-0.2, 0) is 6.42 Å². The third-order valence-electron chi connectivity index (χ3n) is 4.66. The number of nitrogens with zero attached hydrogens (tertiary/aromatic N) is 1. The summed E-state index contributed by atoms with van der Waals surface area (Å²) in [6, 6.07) is 4.66. The molecule has 0 heterocycles. The summed E-state index contributed by atoms with van der Waals surface area (Å²) in [5.41, 5.74) is 0.304. The number of benzene rings is 1. The van der Waals surface area contributed by atoms with E-state index in [2.05, 4.69) is 4.90 Å². The molecule has 20 heavy (non-hydrogen) atoms. The van der Waals surface area contributed by atoms with Crippen LogP contribution in [0.4, 0.5) is 4.39 Å². The standard InChI is InChI=1S/C16H23ClFNO/c1-19(2)16(8-4-3-5-9-16)15(20)10-12-6-7-13(17)11-14(12)18/h6-7,11,15,20H,3-5,8-10H2,1-2H3. The van der Waals surface area contributed by atoms with Gasteiger partial charge in [-0.1, -0.05) is 36.9 Å². The molecule has 2 nitrogen and oxygen atoms in total. The van der Waals surface area contributed by atoms with Crippen molar-refractivity contribution in [3.05, 3.63) is 34.6 Å². The van der Waals surface area contributed by atoms with E-state index in [-0.39, 0.29) is 11.4 Å². The maximum Gasteiger partial charge on any atom is 0.127 e. The van der Waals surface area contributed by atoms with Crippen molar-refractivity contribution in [1.82, 2.24) is 4.90 Å². The average Bonchev–Trinajstić information content (AvgIpc) is 2.42. The first-order valence-corrected chi connectivity index (χ1v) is 7.63. The van der Waals surface area contributed by atoms with Gasteiger partial charge in [0.25, 0.3) is 0 Å². The Balaban J connectivity index is 2.18. The molecule has 1 aromatic carbocycles. The van der Waals surface area contributed by atoms with Crippen LogP contribution < -0.4 is 0 Å². The second-order valence-corrected chi connectivity index (χ2v) is 6.45. The van der Waals surface area contributed by atoms with Crippen molar-refractivity contribution in [2.45, 2.75) is 50.2 Å². The van der Waals surface area contributed by atoms with Gasteiger partial charge in [0.15, 0.2) is 0 Å². The Bertz CT molecular complexity index is 458. The lowest BCUT2D eigenvalue weighted by molar-refractivity contribution is -0.0313. The summed E-state index contributed by atoms with van der Waals surface area (Å²) >= 11 is 5.77. The van der Waals surface area contributed by atoms with Crippen molar-refractivity contribution in [3.63, 3.8) is 0 Å². The monoisotopic (exact) mass is 299 g/mol. The molecular formula is C16H23ClFNO. The van der Waals surface area contributed by atoms with Crippen LogP contribution in [0.25, 0.3) is 0 Å². The predicted octanol–water partition coefficient (Wildman–Crippen LogP) is 3.65. The summed E-state index contributed by atoms with van der Waals surface area (Å²) in [6.45, 7) is 0. The molecular weight excluding hydrogens is 277 g/mol. The number of hydrogen-bond acceptors (Lipinski definition) is 2. The van der Waals surface area contributed by atoms with Crippen LogP contribution in [0.15, 0.2) is 18.2 Å². The first-order valence-electron chi connectivity index (χ1n) is 7.25. The Labute approximate surface area is 125 Å². The summed E-state index contributed by atoms with van der Waals surface area (Å²) in [7, 11) is 4.01. The number of halogens is 2. The third-order valence-corrected chi connectivity index (χ3v) is 4.89. The quantitative estimate of drug-likeness (QED) is 0.917. The molecule has 0 radical (unpaired) electrons. The van der Waals surface area contributed by atoms with Crippen molar-refractivity contribution in [2.75, 3.05) is 14.1 Å². The second kappa shape index (κ2) is 6.42. The lowest BCUT2D eigenvalue weighted by Crippen LogP contribution is -2.55. The molecule has 0 bridgehead atoms. The van der Waals surface area contributed by atoms with E-state index in [4.69, 9.17) is 11.6 Å². The minimum Gasteiger partial charge on any atom is -0.391 e. The molecule has 1 fully saturated rings. The summed E-state index contributed by atoms with van der Waals surface area (Å²) in [5, 5.41) is 11.1. The van der Waals surface area contributed by atoms with E-state index in [9.17, 15) is 9.50 Å². The normalized spacial score (nSPS) is 20.1. The van der Waals surface area contributed by atoms with Gasteiger partial charge < -0.3 is 10.0 Å². The van der Waals surface area contributed by atoms with Crippen molar-refractivity contribution in [1.29, 1.82) is 0 Å². The van der Waals surface area contributed by atoms with Gasteiger partial charge in [-0.15, -0.1) is 0 Å². The minimum absolute atomic E-state index is 0.232. The minimum atomic E-state index is -0.562. The molecule has 1 atom stereocenters. The highest BCUT2D eigenvalue weighted by atomic mass is 35.5. The van der Waals surface area contributed by atoms with Gasteiger partial charge in [-0.3, -0.25) is 0 Å². The molecule has 112 valence electrons. The molecule has 1 aliphatic carbocycles.